The molecule has 0 aliphatic carbocycles. The number of methoxy groups -OCH3 is 1. The van der Waals surface area contributed by atoms with E-state index in [4.69, 9.17) is 4.74 Å². The van der Waals surface area contributed by atoms with Crippen LogP contribution >= 0.6 is 0 Å². The average Bonchev–Trinajstić information content (AvgIpc) is 3.10. The van der Waals surface area contributed by atoms with Crippen LogP contribution < -0.4 is 4.74 Å². The molecular weight excluding hydrogens is 462 g/mol. The Labute approximate surface area is 219 Å². The molecule has 0 spiro atoms. The maximum Gasteiger partial charge on any atom is 0.295 e. The van der Waals surface area contributed by atoms with Crippen LogP contribution in [0.25, 0.3) is 5.76 Å². The summed E-state index contributed by atoms with van der Waals surface area (Å²) in [6.45, 7) is 12.6. The number of benzene rings is 3. The Balaban J connectivity index is 1.92. The third-order valence-corrected chi connectivity index (χ3v) is 7.09. The van der Waals surface area contributed by atoms with Gasteiger partial charge in [-0.15, -0.1) is 0 Å². The number of ether oxygens (including phenoxy) is 1. The molecule has 0 radical (unpaired) electrons. The second-order valence-electron chi connectivity index (χ2n) is 10.9. The zero-order valence-electron chi connectivity index (χ0n) is 22.7. The number of hydrogen-bond donors (Lipinski definition) is 1. The Morgan fingerprint density at radius 2 is 1.54 bits per heavy atom. The van der Waals surface area contributed by atoms with Gasteiger partial charge in [0.1, 0.15) is 11.5 Å². The molecule has 1 N–H and O–H groups in total. The Morgan fingerprint density at radius 3 is 2.16 bits per heavy atom. The van der Waals surface area contributed by atoms with Crippen molar-refractivity contribution < 1.29 is 19.4 Å². The molecule has 0 bridgehead atoms. The topological polar surface area (TPSA) is 66.8 Å². The molecule has 1 heterocycles. The Kier molecular flexibility index (Phi) is 7.00. The number of carbonyl (C=O) groups excluding carboxylic acids is 2. The standard InChI is InChI=1S/C32H35NO4/c1-19-8-10-21(3)23(16-19)18-33-28(22-11-13-24(14-12-22)32(4,5)6)27(30(35)31(33)36)29(34)25-17-20(2)9-15-26(25)37-7/h8-17,28,34H,18H2,1-7H3/b29-27+. The number of hydrogen-bond acceptors (Lipinski definition) is 4. The van der Waals surface area contributed by atoms with E-state index in [1.165, 1.54) is 7.11 Å². The van der Waals surface area contributed by atoms with Gasteiger partial charge in [0, 0.05) is 6.54 Å². The summed E-state index contributed by atoms with van der Waals surface area (Å²) >= 11 is 0. The molecule has 3 aromatic carbocycles. The molecule has 1 amide bonds. The quantitative estimate of drug-likeness (QED) is 0.247. The van der Waals surface area contributed by atoms with Crippen molar-refractivity contribution in [2.24, 2.45) is 0 Å². The predicted octanol–water partition coefficient (Wildman–Crippen LogP) is 6.54. The van der Waals surface area contributed by atoms with Crippen molar-refractivity contribution in [3.63, 3.8) is 0 Å². The highest BCUT2D eigenvalue weighted by atomic mass is 16.5. The summed E-state index contributed by atoms with van der Waals surface area (Å²) in [5.41, 5.74) is 6.31. The van der Waals surface area contributed by atoms with Gasteiger partial charge in [0.15, 0.2) is 0 Å². The van der Waals surface area contributed by atoms with E-state index in [0.717, 1.165) is 33.4 Å². The summed E-state index contributed by atoms with van der Waals surface area (Å²) in [6, 6.07) is 18.7. The normalized spacial score (nSPS) is 17.4. The van der Waals surface area contributed by atoms with Crippen LogP contribution in [0.15, 0.2) is 66.2 Å². The summed E-state index contributed by atoms with van der Waals surface area (Å²) in [7, 11) is 1.52. The smallest absolute Gasteiger partial charge is 0.295 e. The summed E-state index contributed by atoms with van der Waals surface area (Å²) in [5, 5.41) is 11.5. The van der Waals surface area contributed by atoms with Gasteiger partial charge in [-0.25, -0.2) is 0 Å². The molecule has 5 nitrogen and oxygen atoms in total. The molecule has 1 saturated heterocycles. The molecule has 5 heteroatoms. The van der Waals surface area contributed by atoms with Crippen LogP contribution in [0.2, 0.25) is 0 Å². The van der Waals surface area contributed by atoms with Crippen molar-refractivity contribution in [3.8, 4) is 5.75 Å². The van der Waals surface area contributed by atoms with Gasteiger partial charge < -0.3 is 14.7 Å². The van der Waals surface area contributed by atoms with Crippen molar-refractivity contribution in [1.29, 1.82) is 0 Å². The van der Waals surface area contributed by atoms with E-state index in [1.807, 2.05) is 69.3 Å². The van der Waals surface area contributed by atoms with Gasteiger partial charge in [0.05, 0.1) is 24.3 Å². The number of aryl methyl sites for hydroxylation is 3. The van der Waals surface area contributed by atoms with Crippen LogP contribution in [-0.4, -0.2) is 28.8 Å². The van der Waals surface area contributed by atoms with E-state index in [0.29, 0.717) is 11.3 Å². The van der Waals surface area contributed by atoms with Crippen molar-refractivity contribution in [2.45, 2.75) is 59.5 Å². The first-order chi connectivity index (χ1) is 17.4. The fourth-order valence-electron chi connectivity index (χ4n) is 4.86. The first-order valence-electron chi connectivity index (χ1n) is 12.5. The molecule has 0 aromatic heterocycles. The number of amides is 1. The molecule has 1 unspecified atom stereocenters. The lowest BCUT2D eigenvalue weighted by Gasteiger charge is -2.27. The Morgan fingerprint density at radius 1 is 0.919 bits per heavy atom. The molecule has 4 rings (SSSR count). The molecule has 1 atom stereocenters. The van der Waals surface area contributed by atoms with Crippen LogP contribution in [-0.2, 0) is 21.5 Å². The maximum absolute atomic E-state index is 13.5. The second kappa shape index (κ2) is 9.89. The minimum absolute atomic E-state index is 0.0477. The van der Waals surface area contributed by atoms with Gasteiger partial charge in [-0.05, 0) is 60.6 Å². The van der Waals surface area contributed by atoms with E-state index >= 15 is 0 Å². The number of aliphatic hydroxyl groups is 1. The van der Waals surface area contributed by atoms with Gasteiger partial charge in [-0.1, -0.05) is 80.4 Å². The van der Waals surface area contributed by atoms with Crippen molar-refractivity contribution in [2.75, 3.05) is 7.11 Å². The molecule has 0 saturated carbocycles. The number of Topliss-reactive ketones (excluding diaryl/α,β-unsaturated/α-hetero) is 1. The summed E-state index contributed by atoms with van der Waals surface area (Å²) in [6.07, 6.45) is 0. The van der Waals surface area contributed by atoms with Crippen molar-refractivity contribution >= 4 is 17.4 Å². The van der Waals surface area contributed by atoms with Gasteiger partial charge in [0.25, 0.3) is 11.7 Å². The lowest BCUT2D eigenvalue weighted by Crippen LogP contribution is -2.29. The van der Waals surface area contributed by atoms with Crippen LogP contribution in [0.1, 0.15) is 65.8 Å². The van der Waals surface area contributed by atoms with Crippen LogP contribution in [0.5, 0.6) is 5.75 Å². The Bertz CT molecular complexity index is 1390. The van der Waals surface area contributed by atoms with Crippen LogP contribution in [0.3, 0.4) is 0 Å². The maximum atomic E-state index is 13.5. The monoisotopic (exact) mass is 497 g/mol. The number of carbonyl (C=O) groups is 2. The molecular formula is C32H35NO4. The predicted molar refractivity (Wildman–Crippen MR) is 147 cm³/mol. The number of ketones is 1. The fourth-order valence-corrected chi connectivity index (χ4v) is 4.86. The number of likely N-dealkylation sites (tertiary alicyclic amines) is 1. The number of nitrogens with zero attached hydrogens (tertiary/aromatic N) is 1. The molecule has 1 aliphatic heterocycles. The molecule has 3 aromatic rings. The van der Waals surface area contributed by atoms with E-state index in [-0.39, 0.29) is 23.3 Å². The van der Waals surface area contributed by atoms with Gasteiger partial charge in [0.2, 0.25) is 0 Å². The average molecular weight is 498 g/mol. The highest BCUT2D eigenvalue weighted by molar-refractivity contribution is 6.46. The largest absolute Gasteiger partial charge is 0.507 e. The summed E-state index contributed by atoms with van der Waals surface area (Å²) in [5.74, 6) is -1.12. The number of rotatable bonds is 5. The first kappa shape index (κ1) is 26.2. The molecule has 1 fully saturated rings. The fraction of sp³-hybridized carbons (Fsp3) is 0.312. The van der Waals surface area contributed by atoms with E-state index < -0.39 is 17.7 Å². The van der Waals surface area contributed by atoms with E-state index in [1.54, 1.807) is 17.0 Å². The molecule has 1 aliphatic rings. The minimum atomic E-state index is -0.737. The highest BCUT2D eigenvalue weighted by Crippen LogP contribution is 2.42. The zero-order valence-corrected chi connectivity index (χ0v) is 22.7. The highest BCUT2D eigenvalue weighted by Gasteiger charge is 2.46. The van der Waals surface area contributed by atoms with E-state index in [2.05, 4.69) is 20.8 Å². The van der Waals surface area contributed by atoms with Gasteiger partial charge in [-0.2, -0.15) is 0 Å². The van der Waals surface area contributed by atoms with Crippen LogP contribution in [0, 0.1) is 20.8 Å². The SMILES string of the molecule is COc1ccc(C)cc1/C(O)=C1\C(=O)C(=O)N(Cc2cc(C)ccc2C)C1c1ccc(C(C)(C)C)cc1. The number of aliphatic hydroxyl groups excluding tert-OH is 1. The third kappa shape index (κ3) is 5.04. The third-order valence-electron chi connectivity index (χ3n) is 7.09. The lowest BCUT2D eigenvalue weighted by atomic mass is 9.85. The first-order valence-corrected chi connectivity index (χ1v) is 12.5. The van der Waals surface area contributed by atoms with Gasteiger partial charge >= 0.3 is 0 Å². The Hall–Kier alpha value is -3.86. The summed E-state index contributed by atoms with van der Waals surface area (Å²) in [4.78, 5) is 28.6. The van der Waals surface area contributed by atoms with Crippen molar-refractivity contribution in [3.05, 3.63) is 105 Å². The molecule has 192 valence electrons. The van der Waals surface area contributed by atoms with E-state index in [9.17, 15) is 14.7 Å². The molecule has 37 heavy (non-hydrogen) atoms. The second-order valence-corrected chi connectivity index (χ2v) is 10.9. The zero-order chi connectivity index (χ0) is 27.1. The van der Waals surface area contributed by atoms with Gasteiger partial charge in [-0.3, -0.25) is 9.59 Å². The minimum Gasteiger partial charge on any atom is -0.507 e. The van der Waals surface area contributed by atoms with Crippen molar-refractivity contribution in [1.82, 2.24) is 4.90 Å². The summed E-state index contributed by atoms with van der Waals surface area (Å²) < 4.78 is 5.48. The lowest BCUT2D eigenvalue weighted by molar-refractivity contribution is -0.140. The van der Waals surface area contributed by atoms with Crippen LogP contribution in [0.4, 0.5) is 0 Å².